The van der Waals surface area contributed by atoms with Crippen LogP contribution in [0.4, 0.5) is 0 Å². The number of benzene rings is 1. The lowest BCUT2D eigenvalue weighted by atomic mass is 9.99. The molecule has 1 amide bonds. The molecule has 2 rings (SSSR count). The fraction of sp³-hybridized carbons (Fsp3) is 0.500. The van der Waals surface area contributed by atoms with Crippen molar-refractivity contribution in [3.05, 3.63) is 33.8 Å². The van der Waals surface area contributed by atoms with E-state index in [9.17, 15) is 9.59 Å². The fourth-order valence-corrected chi connectivity index (χ4v) is 3.47. The summed E-state index contributed by atoms with van der Waals surface area (Å²) in [7, 11) is 1.71. The predicted molar refractivity (Wildman–Crippen MR) is 89.7 cm³/mol. The molecule has 0 bridgehead atoms. The molecule has 0 aromatic heterocycles. The van der Waals surface area contributed by atoms with Gasteiger partial charge in [0.1, 0.15) is 0 Å². The molecule has 0 radical (unpaired) electrons. The maximum atomic E-state index is 12.3. The molecule has 1 aromatic rings. The van der Waals surface area contributed by atoms with Gasteiger partial charge in [0.25, 0.3) is 0 Å². The predicted octanol–water partition coefficient (Wildman–Crippen LogP) is 2.60. The summed E-state index contributed by atoms with van der Waals surface area (Å²) in [6.07, 6.45) is 0. The van der Waals surface area contributed by atoms with Crippen molar-refractivity contribution in [2.45, 2.75) is 13.5 Å². The Kier molecular flexibility index (Phi) is 5.89. The third-order valence-corrected chi connectivity index (χ3v) is 4.57. The minimum absolute atomic E-state index is 0.0531. The van der Waals surface area contributed by atoms with Gasteiger partial charge in [-0.15, -0.1) is 0 Å². The second-order valence-electron chi connectivity index (χ2n) is 6.14. The van der Waals surface area contributed by atoms with E-state index in [1.807, 2.05) is 11.8 Å². The van der Waals surface area contributed by atoms with E-state index in [0.717, 1.165) is 5.56 Å². The molecule has 1 N–H and O–H groups in total. The molecule has 23 heavy (non-hydrogen) atoms. The van der Waals surface area contributed by atoms with Gasteiger partial charge < -0.3 is 10.0 Å². The van der Waals surface area contributed by atoms with Crippen LogP contribution in [0.2, 0.25) is 10.0 Å². The molecule has 0 spiro atoms. The van der Waals surface area contributed by atoms with Crippen LogP contribution in [0.5, 0.6) is 0 Å². The van der Waals surface area contributed by atoms with Crippen molar-refractivity contribution in [1.29, 1.82) is 0 Å². The van der Waals surface area contributed by atoms with Gasteiger partial charge in [0.2, 0.25) is 5.91 Å². The number of carbonyl (C=O) groups is 2. The summed E-state index contributed by atoms with van der Waals surface area (Å²) in [6.45, 7) is 3.57. The Morgan fingerprint density at radius 2 is 1.87 bits per heavy atom. The molecule has 7 heteroatoms. The van der Waals surface area contributed by atoms with Gasteiger partial charge in [0, 0.05) is 36.7 Å². The highest BCUT2D eigenvalue weighted by Gasteiger charge is 2.35. The van der Waals surface area contributed by atoms with Crippen molar-refractivity contribution in [1.82, 2.24) is 9.80 Å². The van der Waals surface area contributed by atoms with Crippen LogP contribution in [-0.2, 0) is 16.1 Å². The van der Waals surface area contributed by atoms with Gasteiger partial charge in [-0.05, 0) is 29.7 Å². The highest BCUT2D eigenvalue weighted by atomic mass is 35.5. The zero-order valence-electron chi connectivity index (χ0n) is 13.1. The standard InChI is InChI=1S/C16H20Cl2N2O3/c1-10-6-20(8-14(10)16(22)23)9-15(21)19(2)7-11-3-12(17)5-13(18)4-11/h3-5,10,14H,6-9H2,1-2H3,(H,22,23)/t10-,14-/m1/s1. The van der Waals surface area contributed by atoms with Gasteiger partial charge >= 0.3 is 5.97 Å². The molecule has 1 heterocycles. The number of likely N-dealkylation sites (N-methyl/N-ethyl adjacent to an activating group) is 1. The second kappa shape index (κ2) is 7.51. The van der Waals surface area contributed by atoms with E-state index in [-0.39, 0.29) is 18.4 Å². The van der Waals surface area contributed by atoms with Crippen LogP contribution in [0.3, 0.4) is 0 Å². The number of likely N-dealkylation sites (tertiary alicyclic amines) is 1. The Bertz CT molecular complexity index is 589. The first-order valence-corrected chi connectivity index (χ1v) is 8.16. The van der Waals surface area contributed by atoms with Gasteiger partial charge in [-0.25, -0.2) is 0 Å². The topological polar surface area (TPSA) is 60.9 Å². The number of carboxylic acid groups (broad SMARTS) is 1. The van der Waals surface area contributed by atoms with Crippen LogP contribution in [0.1, 0.15) is 12.5 Å². The van der Waals surface area contributed by atoms with Gasteiger partial charge in [-0.2, -0.15) is 0 Å². The number of nitrogens with zero attached hydrogens (tertiary/aromatic N) is 2. The molecule has 1 fully saturated rings. The number of hydrogen-bond acceptors (Lipinski definition) is 3. The summed E-state index contributed by atoms with van der Waals surface area (Å²) in [4.78, 5) is 27.0. The van der Waals surface area contributed by atoms with Gasteiger partial charge in [0.15, 0.2) is 0 Å². The van der Waals surface area contributed by atoms with Crippen LogP contribution < -0.4 is 0 Å². The van der Waals surface area contributed by atoms with E-state index in [2.05, 4.69) is 0 Å². The summed E-state index contributed by atoms with van der Waals surface area (Å²) in [5.74, 6) is -1.20. The molecule has 0 saturated carbocycles. The fourth-order valence-electron chi connectivity index (χ4n) is 2.89. The third kappa shape index (κ3) is 4.83. The molecule has 1 aliphatic heterocycles. The summed E-state index contributed by atoms with van der Waals surface area (Å²) in [5.41, 5.74) is 0.858. The van der Waals surface area contributed by atoms with E-state index >= 15 is 0 Å². The third-order valence-electron chi connectivity index (χ3n) is 4.13. The van der Waals surface area contributed by atoms with Crippen LogP contribution in [-0.4, -0.2) is 53.5 Å². The van der Waals surface area contributed by atoms with Crippen molar-refractivity contribution in [3.8, 4) is 0 Å². The smallest absolute Gasteiger partial charge is 0.308 e. The highest BCUT2D eigenvalue weighted by Crippen LogP contribution is 2.23. The van der Waals surface area contributed by atoms with E-state index in [0.29, 0.717) is 29.7 Å². The molecule has 0 aliphatic carbocycles. The number of carboxylic acids is 1. The molecule has 1 saturated heterocycles. The average molecular weight is 359 g/mol. The van der Waals surface area contributed by atoms with Crippen LogP contribution in [0.15, 0.2) is 18.2 Å². The average Bonchev–Trinajstić information content (AvgIpc) is 2.78. The maximum absolute atomic E-state index is 12.3. The van der Waals surface area contributed by atoms with Crippen molar-refractivity contribution >= 4 is 35.1 Å². The quantitative estimate of drug-likeness (QED) is 0.878. The largest absolute Gasteiger partial charge is 0.481 e. The molecule has 0 unspecified atom stereocenters. The monoisotopic (exact) mass is 358 g/mol. The first-order chi connectivity index (χ1) is 10.8. The Hall–Kier alpha value is -1.30. The summed E-state index contributed by atoms with van der Waals surface area (Å²) in [5, 5.41) is 10.2. The Morgan fingerprint density at radius 3 is 2.39 bits per heavy atom. The number of amides is 1. The Labute approximate surface area is 145 Å². The summed E-state index contributed by atoms with van der Waals surface area (Å²) >= 11 is 11.9. The number of halogens is 2. The molecule has 2 atom stereocenters. The molecule has 5 nitrogen and oxygen atoms in total. The van der Waals surface area contributed by atoms with Gasteiger partial charge in [0.05, 0.1) is 12.5 Å². The van der Waals surface area contributed by atoms with Crippen LogP contribution >= 0.6 is 23.2 Å². The SMILES string of the molecule is C[C@@H]1CN(CC(=O)N(C)Cc2cc(Cl)cc(Cl)c2)C[C@H]1C(=O)O. The van der Waals surface area contributed by atoms with E-state index < -0.39 is 11.9 Å². The minimum Gasteiger partial charge on any atom is -0.481 e. The van der Waals surface area contributed by atoms with Crippen molar-refractivity contribution in [2.75, 3.05) is 26.7 Å². The van der Waals surface area contributed by atoms with E-state index in [4.69, 9.17) is 28.3 Å². The number of rotatable bonds is 5. The number of aliphatic carboxylic acids is 1. The van der Waals surface area contributed by atoms with Crippen molar-refractivity contribution in [3.63, 3.8) is 0 Å². The zero-order valence-corrected chi connectivity index (χ0v) is 14.6. The summed E-state index contributed by atoms with van der Waals surface area (Å²) < 4.78 is 0. The first-order valence-electron chi connectivity index (χ1n) is 7.40. The molecular weight excluding hydrogens is 339 g/mol. The van der Waals surface area contributed by atoms with E-state index in [1.54, 1.807) is 30.1 Å². The highest BCUT2D eigenvalue weighted by molar-refractivity contribution is 6.34. The molecule has 1 aliphatic rings. The lowest BCUT2D eigenvalue weighted by Gasteiger charge is -2.22. The Balaban J connectivity index is 1.92. The van der Waals surface area contributed by atoms with Crippen LogP contribution in [0.25, 0.3) is 0 Å². The Morgan fingerprint density at radius 1 is 1.26 bits per heavy atom. The maximum Gasteiger partial charge on any atom is 0.308 e. The lowest BCUT2D eigenvalue weighted by molar-refractivity contribution is -0.142. The minimum atomic E-state index is -0.797. The zero-order chi connectivity index (χ0) is 17.1. The second-order valence-corrected chi connectivity index (χ2v) is 7.02. The van der Waals surface area contributed by atoms with Crippen LogP contribution in [0, 0.1) is 11.8 Å². The number of carbonyl (C=O) groups excluding carboxylic acids is 1. The van der Waals surface area contributed by atoms with Crippen molar-refractivity contribution < 1.29 is 14.7 Å². The summed E-state index contributed by atoms with van der Waals surface area (Å²) in [6, 6.07) is 5.19. The van der Waals surface area contributed by atoms with Crippen molar-refractivity contribution in [2.24, 2.45) is 11.8 Å². The van der Waals surface area contributed by atoms with E-state index in [1.165, 1.54) is 0 Å². The van der Waals surface area contributed by atoms with Gasteiger partial charge in [-0.1, -0.05) is 30.1 Å². The van der Waals surface area contributed by atoms with Gasteiger partial charge in [-0.3, -0.25) is 14.5 Å². The number of hydrogen-bond donors (Lipinski definition) is 1. The normalized spacial score (nSPS) is 21.4. The first kappa shape index (κ1) is 18.0. The molecular formula is C16H20Cl2N2O3. The lowest BCUT2D eigenvalue weighted by Crippen LogP contribution is -2.37. The molecule has 1 aromatic carbocycles. The molecule has 126 valence electrons.